The van der Waals surface area contributed by atoms with Crippen molar-refractivity contribution in [1.82, 2.24) is 20.2 Å². The molecule has 0 saturated heterocycles. The summed E-state index contributed by atoms with van der Waals surface area (Å²) in [5.74, 6) is -0.996. The van der Waals surface area contributed by atoms with Crippen molar-refractivity contribution in [3.05, 3.63) is 113 Å². The van der Waals surface area contributed by atoms with Crippen LogP contribution in [0.1, 0.15) is 35.6 Å². The number of benzene rings is 3. The van der Waals surface area contributed by atoms with Gasteiger partial charge in [0.25, 0.3) is 0 Å². The highest BCUT2D eigenvalue weighted by molar-refractivity contribution is 7.90. The molecule has 0 aliphatic rings. The predicted molar refractivity (Wildman–Crippen MR) is 157 cm³/mol. The van der Waals surface area contributed by atoms with Gasteiger partial charge in [0.1, 0.15) is 5.75 Å². The van der Waals surface area contributed by atoms with Gasteiger partial charge in [0.2, 0.25) is 11.8 Å². The first-order chi connectivity index (χ1) is 20.1. The molecule has 0 aliphatic carbocycles. The van der Waals surface area contributed by atoms with Crippen molar-refractivity contribution in [3.63, 3.8) is 0 Å². The molecule has 2 aromatic heterocycles. The Bertz CT molecular complexity index is 1930. The second kappa shape index (κ2) is 11.8. The highest BCUT2D eigenvalue weighted by atomic mass is 32.2. The van der Waals surface area contributed by atoms with Gasteiger partial charge in [-0.05, 0) is 70.2 Å². The van der Waals surface area contributed by atoms with Crippen molar-refractivity contribution in [2.75, 3.05) is 6.26 Å². The SMILES string of the molecule is CC/C(=C(/c1ccc(/C=C/C(=O)O)cc1)c1ccc2[nH]nc(F)c2c1)c1ccc(Oc2cnc(S(C)(=O)=O)cn2)cc1. The van der Waals surface area contributed by atoms with Crippen LogP contribution in [-0.2, 0) is 14.6 Å². The van der Waals surface area contributed by atoms with Crippen molar-refractivity contribution in [3.8, 4) is 11.6 Å². The lowest BCUT2D eigenvalue weighted by atomic mass is 9.87. The minimum Gasteiger partial charge on any atom is -0.478 e. The number of carboxylic acid groups (broad SMARTS) is 1. The normalized spacial score (nSPS) is 12.5. The van der Waals surface area contributed by atoms with E-state index in [1.54, 1.807) is 24.3 Å². The molecule has 0 unspecified atom stereocenters. The Kier molecular flexibility index (Phi) is 7.94. The quantitative estimate of drug-likeness (QED) is 0.155. The summed E-state index contributed by atoms with van der Waals surface area (Å²) in [6.07, 6.45) is 6.68. The fraction of sp³-hybridized carbons (Fsp3) is 0.0968. The minimum absolute atomic E-state index is 0.144. The summed E-state index contributed by atoms with van der Waals surface area (Å²) in [5.41, 5.74) is 5.72. The monoisotopic (exact) mass is 584 g/mol. The lowest BCUT2D eigenvalue weighted by Crippen LogP contribution is -2.01. The second-order valence-corrected chi connectivity index (χ2v) is 11.3. The number of aliphatic carboxylic acids is 1. The molecular formula is C31H25FN4O5S. The summed E-state index contributed by atoms with van der Waals surface area (Å²) in [5, 5.41) is 15.6. The number of aromatic nitrogens is 4. The first kappa shape index (κ1) is 28.4. The van der Waals surface area contributed by atoms with Gasteiger partial charge in [0.05, 0.1) is 23.3 Å². The van der Waals surface area contributed by atoms with Gasteiger partial charge >= 0.3 is 5.97 Å². The predicted octanol–water partition coefficient (Wildman–Crippen LogP) is 6.15. The third-order valence-corrected chi connectivity index (χ3v) is 7.46. The number of H-pyrrole nitrogens is 1. The number of nitrogens with zero attached hydrogens (tertiary/aromatic N) is 3. The van der Waals surface area contributed by atoms with E-state index in [1.165, 1.54) is 12.3 Å². The zero-order valence-electron chi connectivity index (χ0n) is 22.6. The van der Waals surface area contributed by atoms with Gasteiger partial charge in [-0.3, -0.25) is 5.10 Å². The average Bonchev–Trinajstić information content (AvgIpc) is 3.35. The van der Waals surface area contributed by atoms with Crippen LogP contribution in [0.4, 0.5) is 4.39 Å². The maximum Gasteiger partial charge on any atom is 0.328 e. The molecule has 5 rings (SSSR count). The molecule has 0 fully saturated rings. The number of ether oxygens (including phenoxy) is 1. The number of nitrogens with one attached hydrogen (secondary N) is 1. The zero-order valence-corrected chi connectivity index (χ0v) is 23.4. The maximum atomic E-state index is 14.4. The number of rotatable bonds is 9. The second-order valence-electron chi connectivity index (χ2n) is 9.37. The van der Waals surface area contributed by atoms with Crippen LogP contribution in [0.25, 0.3) is 28.1 Å². The number of carboxylic acids is 1. The van der Waals surface area contributed by atoms with Gasteiger partial charge in [0.15, 0.2) is 14.9 Å². The Morgan fingerprint density at radius 3 is 2.29 bits per heavy atom. The van der Waals surface area contributed by atoms with Gasteiger partial charge in [-0.2, -0.15) is 4.39 Å². The van der Waals surface area contributed by atoms with Gasteiger partial charge in [-0.15, -0.1) is 5.10 Å². The van der Waals surface area contributed by atoms with Crippen LogP contribution >= 0.6 is 0 Å². The van der Waals surface area contributed by atoms with Crippen molar-refractivity contribution in [2.45, 2.75) is 18.4 Å². The van der Waals surface area contributed by atoms with Gasteiger partial charge in [-0.25, -0.2) is 23.2 Å². The summed E-state index contributed by atoms with van der Waals surface area (Å²) in [6, 6.07) is 20.2. The smallest absolute Gasteiger partial charge is 0.328 e. The van der Waals surface area contributed by atoms with Crippen LogP contribution in [0.3, 0.4) is 0 Å². The van der Waals surface area contributed by atoms with Gasteiger partial charge in [-0.1, -0.05) is 49.4 Å². The van der Waals surface area contributed by atoms with E-state index in [4.69, 9.17) is 9.84 Å². The molecule has 0 aliphatic heterocycles. The largest absolute Gasteiger partial charge is 0.478 e. The van der Waals surface area contributed by atoms with E-state index in [0.29, 0.717) is 23.1 Å². The fourth-order valence-corrected chi connectivity index (χ4v) is 4.99. The third-order valence-electron chi connectivity index (χ3n) is 6.49. The van der Waals surface area contributed by atoms with Crippen molar-refractivity contribution in [2.24, 2.45) is 0 Å². The molecule has 2 N–H and O–H groups in total. The molecule has 2 heterocycles. The lowest BCUT2D eigenvalue weighted by molar-refractivity contribution is -0.131. The summed E-state index contributed by atoms with van der Waals surface area (Å²) in [7, 11) is -3.47. The zero-order chi connectivity index (χ0) is 29.9. The van der Waals surface area contributed by atoms with E-state index in [-0.39, 0.29) is 10.9 Å². The van der Waals surface area contributed by atoms with E-state index in [9.17, 15) is 17.6 Å². The summed E-state index contributed by atoms with van der Waals surface area (Å²) in [4.78, 5) is 18.9. The van der Waals surface area contributed by atoms with Crippen LogP contribution in [0.15, 0.2) is 90.2 Å². The number of fused-ring (bicyclic) bond motifs is 1. The number of carbonyl (C=O) groups is 1. The first-order valence-electron chi connectivity index (χ1n) is 12.8. The summed E-state index contributed by atoms with van der Waals surface area (Å²) >= 11 is 0. The molecular weight excluding hydrogens is 559 g/mol. The number of sulfone groups is 1. The number of halogens is 1. The third kappa shape index (κ3) is 6.26. The van der Waals surface area contributed by atoms with Crippen molar-refractivity contribution < 1.29 is 27.4 Å². The van der Waals surface area contributed by atoms with Crippen molar-refractivity contribution >= 4 is 43.9 Å². The minimum atomic E-state index is -3.47. The van der Waals surface area contributed by atoms with E-state index < -0.39 is 21.8 Å². The van der Waals surface area contributed by atoms with E-state index in [1.807, 2.05) is 49.4 Å². The van der Waals surface area contributed by atoms with Gasteiger partial charge < -0.3 is 9.84 Å². The Morgan fingerprint density at radius 1 is 0.976 bits per heavy atom. The molecule has 0 spiro atoms. The van der Waals surface area contributed by atoms with Crippen LogP contribution in [0.2, 0.25) is 0 Å². The highest BCUT2D eigenvalue weighted by Gasteiger charge is 2.16. The van der Waals surface area contributed by atoms with Gasteiger partial charge in [0, 0.05) is 12.3 Å². The summed E-state index contributed by atoms with van der Waals surface area (Å²) in [6.45, 7) is 2.03. The Labute approximate surface area is 241 Å². The Balaban J connectivity index is 1.55. The fourth-order valence-electron chi connectivity index (χ4n) is 4.50. The molecule has 42 heavy (non-hydrogen) atoms. The van der Waals surface area contributed by atoms with E-state index >= 15 is 0 Å². The standard InChI is InChI=1S/C31H25FN4O5S/c1-3-24(20-9-12-23(13-10-20)41-27-17-34-28(18-33-27)42(2,39)40)30(21-7-4-19(5-8-21)6-15-29(37)38)22-11-14-26-25(16-22)31(32)36-35-26/h4-18H,3H2,1-2H3,(H,35,36)(H,37,38)/b15-6+,30-24+. The van der Waals surface area contributed by atoms with Crippen LogP contribution in [-0.4, -0.2) is 45.9 Å². The molecule has 212 valence electrons. The molecule has 3 aromatic carbocycles. The Hall–Kier alpha value is -5.16. The maximum absolute atomic E-state index is 14.4. The molecule has 0 atom stereocenters. The first-order valence-corrected chi connectivity index (χ1v) is 14.7. The number of allylic oxidation sites excluding steroid dienone is 1. The average molecular weight is 585 g/mol. The number of hydrogen-bond donors (Lipinski definition) is 2. The number of hydrogen-bond acceptors (Lipinski definition) is 7. The van der Waals surface area contributed by atoms with Crippen LogP contribution in [0, 0.1) is 5.95 Å². The summed E-state index contributed by atoms with van der Waals surface area (Å²) < 4.78 is 43.5. The van der Waals surface area contributed by atoms with E-state index in [0.717, 1.165) is 51.9 Å². The topological polar surface area (TPSA) is 135 Å². The van der Waals surface area contributed by atoms with E-state index in [2.05, 4.69) is 20.2 Å². The highest BCUT2D eigenvalue weighted by Crippen LogP contribution is 2.36. The van der Waals surface area contributed by atoms with Crippen LogP contribution in [0.5, 0.6) is 11.6 Å². The molecule has 0 radical (unpaired) electrons. The Morgan fingerprint density at radius 2 is 1.67 bits per heavy atom. The lowest BCUT2D eigenvalue weighted by Gasteiger charge is -2.17. The molecule has 0 bridgehead atoms. The molecule has 9 nitrogen and oxygen atoms in total. The molecule has 0 saturated carbocycles. The molecule has 5 aromatic rings. The molecule has 0 amide bonds. The number of aromatic amines is 1. The molecule has 11 heteroatoms. The van der Waals surface area contributed by atoms with Crippen molar-refractivity contribution in [1.29, 1.82) is 0 Å². The van der Waals surface area contributed by atoms with Crippen LogP contribution < -0.4 is 4.74 Å².